The van der Waals surface area contributed by atoms with Crippen molar-refractivity contribution in [3.8, 4) is 0 Å². The maximum Gasteiger partial charge on any atom is 0.0962 e. The van der Waals surface area contributed by atoms with E-state index in [1.165, 1.54) is 0 Å². The predicted octanol–water partition coefficient (Wildman–Crippen LogP) is 0.943. The van der Waals surface area contributed by atoms with Gasteiger partial charge in [0.1, 0.15) is 0 Å². The minimum atomic E-state index is 0.413. The molecule has 0 fully saturated rings. The molecule has 0 atom stereocenters. The first-order chi connectivity index (χ1) is 7.28. The first-order valence-corrected chi connectivity index (χ1v) is 5.26. The van der Waals surface area contributed by atoms with E-state index < -0.39 is 0 Å². The van der Waals surface area contributed by atoms with E-state index in [1.807, 2.05) is 12.3 Å². The summed E-state index contributed by atoms with van der Waals surface area (Å²) in [5, 5.41) is 7.86. The molecule has 5 nitrogen and oxygen atoms in total. The van der Waals surface area contributed by atoms with Crippen molar-refractivity contribution in [1.29, 1.82) is 0 Å². The zero-order valence-electron chi connectivity index (χ0n) is 7.97. The van der Waals surface area contributed by atoms with Gasteiger partial charge in [-0.2, -0.15) is 0 Å². The monoisotopic (exact) mass is 267 g/mol. The zero-order chi connectivity index (χ0) is 10.7. The predicted molar refractivity (Wildman–Crippen MR) is 59.0 cm³/mol. The van der Waals surface area contributed by atoms with E-state index >= 15 is 0 Å². The molecule has 0 saturated heterocycles. The van der Waals surface area contributed by atoms with Crippen molar-refractivity contribution >= 4 is 15.9 Å². The molecule has 0 unspecified atom stereocenters. The van der Waals surface area contributed by atoms with E-state index in [9.17, 15) is 0 Å². The Hall–Kier alpha value is -1.27. The topological polar surface area (TPSA) is 69.6 Å². The molecule has 0 bridgehead atoms. The molecule has 2 rings (SSSR count). The van der Waals surface area contributed by atoms with Crippen molar-refractivity contribution in [3.63, 3.8) is 0 Å². The summed E-state index contributed by atoms with van der Waals surface area (Å²) >= 11 is 3.37. The molecule has 15 heavy (non-hydrogen) atoms. The summed E-state index contributed by atoms with van der Waals surface area (Å²) in [7, 11) is 0. The van der Waals surface area contributed by atoms with Gasteiger partial charge in [0.2, 0.25) is 0 Å². The molecule has 6 heteroatoms. The van der Waals surface area contributed by atoms with Crippen LogP contribution in [-0.4, -0.2) is 20.0 Å². The van der Waals surface area contributed by atoms with Gasteiger partial charge in [0.05, 0.1) is 18.4 Å². The first-order valence-electron chi connectivity index (χ1n) is 4.46. The van der Waals surface area contributed by atoms with Crippen molar-refractivity contribution in [2.45, 2.75) is 13.1 Å². The van der Waals surface area contributed by atoms with Crippen LogP contribution in [0, 0.1) is 0 Å². The Balaban J connectivity index is 2.14. The lowest BCUT2D eigenvalue weighted by molar-refractivity contribution is 0.647. The van der Waals surface area contributed by atoms with Crippen LogP contribution in [0.5, 0.6) is 0 Å². The van der Waals surface area contributed by atoms with Crippen LogP contribution in [0.25, 0.3) is 0 Å². The van der Waals surface area contributed by atoms with Crippen LogP contribution in [0.1, 0.15) is 11.3 Å². The summed E-state index contributed by atoms with van der Waals surface area (Å²) in [5.74, 6) is 0. The quantitative estimate of drug-likeness (QED) is 0.899. The van der Waals surface area contributed by atoms with Gasteiger partial charge in [-0.25, -0.2) is 4.68 Å². The maximum absolute atomic E-state index is 5.44. The third-order valence-corrected chi connectivity index (χ3v) is 2.33. The summed E-state index contributed by atoms with van der Waals surface area (Å²) in [6.45, 7) is 1.07. The number of nitrogens with two attached hydrogens (primary N) is 1. The molecule has 0 aliphatic carbocycles. The van der Waals surface area contributed by atoms with Gasteiger partial charge in [-0.1, -0.05) is 5.21 Å². The van der Waals surface area contributed by atoms with Crippen LogP contribution in [0.3, 0.4) is 0 Å². The molecular weight excluding hydrogens is 258 g/mol. The van der Waals surface area contributed by atoms with Gasteiger partial charge in [-0.3, -0.25) is 4.98 Å². The fraction of sp³-hybridized carbons (Fsp3) is 0.222. The molecule has 0 radical (unpaired) electrons. The van der Waals surface area contributed by atoms with Gasteiger partial charge in [-0.15, -0.1) is 5.10 Å². The molecule has 78 valence electrons. The second-order valence-corrected chi connectivity index (χ2v) is 4.04. The van der Waals surface area contributed by atoms with Gasteiger partial charge >= 0.3 is 0 Å². The minimum Gasteiger partial charge on any atom is -0.325 e. The molecule has 0 aliphatic rings. The molecule has 0 spiro atoms. The summed E-state index contributed by atoms with van der Waals surface area (Å²) < 4.78 is 2.70. The first kappa shape index (κ1) is 10.3. The van der Waals surface area contributed by atoms with E-state index in [1.54, 1.807) is 17.1 Å². The molecule has 2 aromatic rings. The standard InChI is InChI=1S/C9H10BrN5/c10-8-1-7(3-12-4-8)5-15-6-9(2-11)13-14-15/h1,3-4,6H,2,5,11H2. The van der Waals surface area contributed by atoms with Crippen LogP contribution < -0.4 is 5.73 Å². The van der Waals surface area contributed by atoms with Gasteiger partial charge in [-0.05, 0) is 27.6 Å². The molecule has 0 aliphatic heterocycles. The smallest absolute Gasteiger partial charge is 0.0962 e. The SMILES string of the molecule is NCc1cn(Cc2cncc(Br)c2)nn1. The van der Waals surface area contributed by atoms with Crippen LogP contribution in [-0.2, 0) is 13.1 Å². The number of halogens is 1. The van der Waals surface area contributed by atoms with Crippen LogP contribution in [0.2, 0.25) is 0 Å². The number of aromatic nitrogens is 4. The normalized spacial score (nSPS) is 10.5. The highest BCUT2D eigenvalue weighted by Gasteiger charge is 2.00. The average Bonchev–Trinajstić information content (AvgIpc) is 2.65. The van der Waals surface area contributed by atoms with E-state index in [2.05, 4.69) is 31.2 Å². The highest BCUT2D eigenvalue weighted by Crippen LogP contribution is 2.10. The van der Waals surface area contributed by atoms with Gasteiger partial charge in [0.15, 0.2) is 0 Å². The lowest BCUT2D eigenvalue weighted by Gasteiger charge is -2.00. The van der Waals surface area contributed by atoms with Crippen LogP contribution >= 0.6 is 15.9 Å². The Labute approximate surface area is 95.4 Å². The molecule has 0 saturated carbocycles. The van der Waals surface area contributed by atoms with Crippen LogP contribution in [0.15, 0.2) is 29.1 Å². The average molecular weight is 268 g/mol. The Morgan fingerprint density at radius 3 is 2.93 bits per heavy atom. The zero-order valence-corrected chi connectivity index (χ0v) is 9.55. The van der Waals surface area contributed by atoms with Gasteiger partial charge in [0, 0.05) is 23.4 Å². The second kappa shape index (κ2) is 4.50. The summed E-state index contributed by atoms with van der Waals surface area (Å²) in [4.78, 5) is 4.07. The number of hydrogen-bond donors (Lipinski definition) is 1. The molecule has 0 amide bonds. The molecule has 2 aromatic heterocycles. The molecule has 2 heterocycles. The Kier molecular flexibility index (Phi) is 3.08. The van der Waals surface area contributed by atoms with E-state index in [0.29, 0.717) is 13.1 Å². The summed E-state index contributed by atoms with van der Waals surface area (Å²) in [6.07, 6.45) is 5.38. The lowest BCUT2D eigenvalue weighted by Crippen LogP contribution is -2.01. The van der Waals surface area contributed by atoms with Crippen LogP contribution in [0.4, 0.5) is 0 Å². The van der Waals surface area contributed by atoms with Gasteiger partial charge < -0.3 is 5.73 Å². The highest BCUT2D eigenvalue weighted by atomic mass is 79.9. The number of pyridine rings is 1. The highest BCUT2D eigenvalue weighted by molar-refractivity contribution is 9.10. The maximum atomic E-state index is 5.44. The Bertz CT molecular complexity index is 453. The Morgan fingerprint density at radius 2 is 2.27 bits per heavy atom. The van der Waals surface area contributed by atoms with E-state index in [-0.39, 0.29) is 0 Å². The minimum absolute atomic E-state index is 0.413. The third kappa shape index (κ3) is 2.60. The fourth-order valence-electron chi connectivity index (χ4n) is 1.24. The fourth-order valence-corrected chi connectivity index (χ4v) is 1.65. The summed E-state index contributed by atoms with van der Waals surface area (Å²) in [6, 6.07) is 2.00. The Morgan fingerprint density at radius 1 is 1.40 bits per heavy atom. The van der Waals surface area contributed by atoms with E-state index in [0.717, 1.165) is 15.7 Å². The van der Waals surface area contributed by atoms with E-state index in [4.69, 9.17) is 5.73 Å². The van der Waals surface area contributed by atoms with Crippen molar-refractivity contribution in [2.24, 2.45) is 5.73 Å². The summed E-state index contributed by atoms with van der Waals surface area (Å²) in [5.41, 5.74) is 7.30. The van der Waals surface area contributed by atoms with Crippen molar-refractivity contribution in [1.82, 2.24) is 20.0 Å². The molecular formula is C9H10BrN5. The molecule has 0 aromatic carbocycles. The van der Waals surface area contributed by atoms with Crippen molar-refractivity contribution in [3.05, 3.63) is 40.4 Å². The molecule has 2 N–H and O–H groups in total. The van der Waals surface area contributed by atoms with Crippen molar-refractivity contribution < 1.29 is 0 Å². The lowest BCUT2D eigenvalue weighted by atomic mass is 10.3. The second-order valence-electron chi connectivity index (χ2n) is 3.12. The number of nitrogens with zero attached hydrogens (tertiary/aromatic N) is 4. The van der Waals surface area contributed by atoms with Gasteiger partial charge in [0.25, 0.3) is 0 Å². The largest absolute Gasteiger partial charge is 0.325 e. The van der Waals surface area contributed by atoms with Crippen molar-refractivity contribution in [2.75, 3.05) is 0 Å². The number of hydrogen-bond acceptors (Lipinski definition) is 4. The third-order valence-electron chi connectivity index (χ3n) is 1.90. The number of rotatable bonds is 3.